The third-order valence-electron chi connectivity index (χ3n) is 2.77. The average Bonchev–Trinajstić information content (AvgIpc) is 2.84. The van der Waals surface area contributed by atoms with Crippen molar-refractivity contribution in [1.82, 2.24) is 15.1 Å². The average molecular weight is 260 g/mol. The van der Waals surface area contributed by atoms with Gasteiger partial charge in [0, 0.05) is 18.8 Å². The van der Waals surface area contributed by atoms with Crippen LogP contribution in [-0.2, 0) is 6.54 Å². The lowest BCUT2D eigenvalue weighted by Crippen LogP contribution is -2.12. The number of benzene rings is 1. The van der Waals surface area contributed by atoms with Crippen LogP contribution in [0.2, 0.25) is 0 Å². The van der Waals surface area contributed by atoms with Crippen molar-refractivity contribution in [3.63, 3.8) is 0 Å². The van der Waals surface area contributed by atoms with Crippen molar-refractivity contribution in [2.45, 2.75) is 20.4 Å². The predicted octanol–water partition coefficient (Wildman–Crippen LogP) is 2.20. The molecule has 0 aliphatic carbocycles. The Labute approximate surface area is 111 Å². The molecule has 0 bridgehead atoms. The zero-order valence-corrected chi connectivity index (χ0v) is 11.0. The Bertz CT molecular complexity index is 592. The SMILES string of the molecule is CCNCc1ccn(-c2ccc(C)cc2[N+](=O)[O-])n1. The van der Waals surface area contributed by atoms with Gasteiger partial charge < -0.3 is 5.32 Å². The minimum Gasteiger partial charge on any atom is -0.311 e. The molecule has 0 amide bonds. The van der Waals surface area contributed by atoms with Crippen molar-refractivity contribution in [3.05, 3.63) is 51.8 Å². The fourth-order valence-corrected chi connectivity index (χ4v) is 1.82. The van der Waals surface area contributed by atoms with E-state index in [4.69, 9.17) is 0 Å². The highest BCUT2D eigenvalue weighted by Crippen LogP contribution is 2.23. The van der Waals surface area contributed by atoms with Gasteiger partial charge in [-0.05, 0) is 31.2 Å². The minimum absolute atomic E-state index is 0.0677. The second-order valence-electron chi connectivity index (χ2n) is 4.28. The standard InChI is InChI=1S/C13H16N4O2/c1-3-14-9-11-6-7-16(15-11)12-5-4-10(2)8-13(12)17(18)19/h4-8,14H,3,9H2,1-2H3. The third kappa shape index (κ3) is 2.97. The fourth-order valence-electron chi connectivity index (χ4n) is 1.82. The summed E-state index contributed by atoms with van der Waals surface area (Å²) in [6.45, 7) is 5.36. The number of rotatable bonds is 5. The number of aryl methyl sites for hydroxylation is 1. The van der Waals surface area contributed by atoms with Crippen LogP contribution in [0.15, 0.2) is 30.5 Å². The lowest BCUT2D eigenvalue weighted by molar-refractivity contribution is -0.384. The molecule has 1 aromatic carbocycles. The Morgan fingerprint density at radius 2 is 2.21 bits per heavy atom. The molecule has 2 aromatic rings. The maximum atomic E-state index is 11.1. The van der Waals surface area contributed by atoms with Crippen molar-refractivity contribution in [1.29, 1.82) is 0 Å². The second-order valence-corrected chi connectivity index (χ2v) is 4.28. The van der Waals surface area contributed by atoms with E-state index in [1.807, 2.05) is 26.0 Å². The number of nitro groups is 1. The Morgan fingerprint density at radius 3 is 2.89 bits per heavy atom. The van der Waals surface area contributed by atoms with Gasteiger partial charge in [0.1, 0.15) is 5.69 Å². The van der Waals surface area contributed by atoms with Crippen molar-refractivity contribution in [3.8, 4) is 5.69 Å². The van der Waals surface area contributed by atoms with Crippen molar-refractivity contribution < 1.29 is 4.92 Å². The molecule has 0 saturated heterocycles. The van der Waals surface area contributed by atoms with Crippen LogP contribution in [0.1, 0.15) is 18.2 Å². The lowest BCUT2D eigenvalue weighted by Gasteiger charge is -2.04. The van der Waals surface area contributed by atoms with Crippen molar-refractivity contribution in [2.75, 3.05) is 6.54 Å². The fraction of sp³-hybridized carbons (Fsp3) is 0.308. The molecule has 0 unspecified atom stereocenters. The Hall–Kier alpha value is -2.21. The quantitative estimate of drug-likeness (QED) is 0.660. The molecule has 0 atom stereocenters. The summed E-state index contributed by atoms with van der Waals surface area (Å²) in [5, 5.41) is 18.6. The van der Waals surface area contributed by atoms with E-state index in [1.165, 1.54) is 0 Å². The van der Waals surface area contributed by atoms with Crippen molar-refractivity contribution >= 4 is 5.69 Å². The first-order valence-corrected chi connectivity index (χ1v) is 6.12. The molecule has 0 aliphatic heterocycles. The van der Waals surface area contributed by atoms with Gasteiger partial charge in [0.25, 0.3) is 5.69 Å². The molecule has 0 radical (unpaired) electrons. The third-order valence-corrected chi connectivity index (χ3v) is 2.77. The molecule has 0 spiro atoms. The maximum absolute atomic E-state index is 11.1. The van der Waals surface area contributed by atoms with E-state index >= 15 is 0 Å². The van der Waals surface area contributed by atoms with Crippen LogP contribution in [0, 0.1) is 17.0 Å². The van der Waals surface area contributed by atoms with Gasteiger partial charge in [0.15, 0.2) is 0 Å². The van der Waals surface area contributed by atoms with Gasteiger partial charge in [-0.2, -0.15) is 5.10 Å². The van der Waals surface area contributed by atoms with E-state index in [-0.39, 0.29) is 10.6 Å². The molecular weight excluding hydrogens is 244 g/mol. The number of hydrogen-bond donors (Lipinski definition) is 1. The smallest absolute Gasteiger partial charge is 0.295 e. The Morgan fingerprint density at radius 1 is 1.42 bits per heavy atom. The number of nitrogens with one attached hydrogen (secondary N) is 1. The molecule has 0 fully saturated rings. The summed E-state index contributed by atoms with van der Waals surface area (Å²) in [7, 11) is 0. The topological polar surface area (TPSA) is 73.0 Å². The van der Waals surface area contributed by atoms with Gasteiger partial charge in [0.2, 0.25) is 0 Å². The van der Waals surface area contributed by atoms with Gasteiger partial charge in [0.05, 0.1) is 10.6 Å². The predicted molar refractivity (Wildman–Crippen MR) is 72.3 cm³/mol. The summed E-state index contributed by atoms with van der Waals surface area (Å²) in [6, 6.07) is 6.97. The largest absolute Gasteiger partial charge is 0.311 e. The van der Waals surface area contributed by atoms with E-state index in [0.717, 1.165) is 17.8 Å². The summed E-state index contributed by atoms with van der Waals surface area (Å²) in [4.78, 5) is 10.7. The van der Waals surface area contributed by atoms with Crippen LogP contribution < -0.4 is 5.32 Å². The monoisotopic (exact) mass is 260 g/mol. The maximum Gasteiger partial charge on any atom is 0.295 e. The van der Waals surface area contributed by atoms with Crippen LogP contribution >= 0.6 is 0 Å². The zero-order valence-electron chi connectivity index (χ0n) is 11.0. The summed E-state index contributed by atoms with van der Waals surface area (Å²) in [6.07, 6.45) is 1.74. The van der Waals surface area contributed by atoms with Crippen molar-refractivity contribution in [2.24, 2.45) is 0 Å². The van der Waals surface area contributed by atoms with E-state index in [2.05, 4.69) is 10.4 Å². The molecule has 1 aromatic heterocycles. The highest BCUT2D eigenvalue weighted by Gasteiger charge is 2.16. The molecule has 6 heteroatoms. The first-order valence-electron chi connectivity index (χ1n) is 6.12. The zero-order chi connectivity index (χ0) is 13.8. The number of nitro benzene ring substituents is 1. The molecule has 2 rings (SSSR count). The molecule has 1 heterocycles. The second kappa shape index (κ2) is 5.62. The van der Waals surface area contributed by atoms with Gasteiger partial charge in [-0.15, -0.1) is 0 Å². The van der Waals surface area contributed by atoms with Crippen LogP contribution in [0.25, 0.3) is 5.69 Å². The number of aromatic nitrogens is 2. The first kappa shape index (κ1) is 13.2. The van der Waals surface area contributed by atoms with Gasteiger partial charge >= 0.3 is 0 Å². The van der Waals surface area contributed by atoms with Gasteiger partial charge in [-0.25, -0.2) is 4.68 Å². The van der Waals surface area contributed by atoms with E-state index in [0.29, 0.717) is 12.2 Å². The summed E-state index contributed by atoms with van der Waals surface area (Å²) < 4.78 is 1.55. The first-order chi connectivity index (χ1) is 9.11. The van der Waals surface area contributed by atoms with Crippen LogP contribution in [0.5, 0.6) is 0 Å². The summed E-state index contributed by atoms with van der Waals surface area (Å²) in [5.41, 5.74) is 2.27. The molecule has 1 N–H and O–H groups in total. The molecule has 100 valence electrons. The normalized spacial score (nSPS) is 10.6. The number of hydrogen-bond acceptors (Lipinski definition) is 4. The molecule has 0 aliphatic rings. The number of nitrogens with zero attached hydrogens (tertiary/aromatic N) is 3. The highest BCUT2D eigenvalue weighted by atomic mass is 16.6. The van der Waals surface area contributed by atoms with Crippen LogP contribution in [0.4, 0.5) is 5.69 Å². The Balaban J connectivity index is 2.36. The molecule has 6 nitrogen and oxygen atoms in total. The summed E-state index contributed by atoms with van der Waals surface area (Å²) in [5.74, 6) is 0. The lowest BCUT2D eigenvalue weighted by atomic mass is 10.2. The molecular formula is C13H16N4O2. The van der Waals surface area contributed by atoms with Crippen LogP contribution in [-0.4, -0.2) is 21.2 Å². The van der Waals surface area contributed by atoms with E-state index in [9.17, 15) is 10.1 Å². The van der Waals surface area contributed by atoms with Gasteiger partial charge in [-0.1, -0.05) is 13.0 Å². The molecule has 0 saturated carbocycles. The van der Waals surface area contributed by atoms with E-state index < -0.39 is 0 Å². The van der Waals surface area contributed by atoms with Crippen LogP contribution in [0.3, 0.4) is 0 Å². The molecule has 19 heavy (non-hydrogen) atoms. The Kier molecular flexibility index (Phi) is 3.91. The van der Waals surface area contributed by atoms with Gasteiger partial charge in [-0.3, -0.25) is 10.1 Å². The summed E-state index contributed by atoms with van der Waals surface area (Å²) >= 11 is 0. The van der Waals surface area contributed by atoms with E-state index in [1.54, 1.807) is 23.0 Å². The highest BCUT2D eigenvalue weighted by molar-refractivity contribution is 5.53. The minimum atomic E-state index is -0.381.